The van der Waals surface area contributed by atoms with Crippen LogP contribution in [0.2, 0.25) is 5.02 Å². The van der Waals surface area contributed by atoms with Gasteiger partial charge in [-0.3, -0.25) is 9.88 Å². The molecule has 2 N–H and O–H groups in total. The number of likely N-dealkylation sites (tertiary alicyclic amines) is 1. The summed E-state index contributed by atoms with van der Waals surface area (Å²) in [5, 5.41) is 15.0. The van der Waals surface area contributed by atoms with Crippen LogP contribution in [0.15, 0.2) is 36.5 Å². The largest absolute Gasteiger partial charge is 0.503 e. The van der Waals surface area contributed by atoms with Crippen molar-refractivity contribution in [3.05, 3.63) is 47.6 Å². The molecule has 7 heteroatoms. The Morgan fingerprint density at radius 3 is 2.70 bits per heavy atom. The summed E-state index contributed by atoms with van der Waals surface area (Å²) in [6.45, 7) is 1.49. The molecule has 0 spiro atoms. The zero-order valence-corrected chi connectivity index (χ0v) is 19.4. The van der Waals surface area contributed by atoms with Crippen LogP contribution in [0.3, 0.4) is 0 Å². The van der Waals surface area contributed by atoms with Crippen molar-refractivity contribution in [3.8, 4) is 22.6 Å². The highest BCUT2D eigenvalue weighted by Crippen LogP contribution is 2.39. The molecule has 2 heterocycles. The number of aromatic hydroxyl groups is 1. The molecule has 1 aromatic heterocycles. The lowest BCUT2D eigenvalue weighted by atomic mass is 9.90. The quantitative estimate of drug-likeness (QED) is 0.493. The Hall–Kier alpha value is -2.57. The number of fused-ring (bicyclic) bond motifs is 1. The second kappa shape index (κ2) is 9.35. The number of anilines is 1. The second-order valence-electron chi connectivity index (χ2n) is 9.05. The minimum Gasteiger partial charge on any atom is -0.503 e. The van der Waals surface area contributed by atoms with Gasteiger partial charge in [0.2, 0.25) is 0 Å². The lowest BCUT2D eigenvalue weighted by molar-refractivity contribution is 0.173. The molecule has 33 heavy (non-hydrogen) atoms. The van der Waals surface area contributed by atoms with Gasteiger partial charge in [0.25, 0.3) is 0 Å². The first kappa shape index (κ1) is 22.2. The Morgan fingerprint density at radius 1 is 1.15 bits per heavy atom. The van der Waals surface area contributed by atoms with Gasteiger partial charge in [0, 0.05) is 42.8 Å². The smallest absolute Gasteiger partial charge is 0.176 e. The highest BCUT2D eigenvalue weighted by atomic mass is 35.5. The standard InChI is InChI=1S/C26H28ClFN3O2/c1-33-25-14-17(13-22(27)26(25)32)16-2-7-23-21(12-16)24(8-10-29-23)30-19-3-5-20(6-4-19)31-11-9-18(28)15-31/h2,7,10,12-14,18-20,32H,3-6,9,11,15H2,1H3,(H,29,30)/t18-,19?,20?/m1/s1. The van der Waals surface area contributed by atoms with E-state index in [1.54, 1.807) is 18.3 Å². The van der Waals surface area contributed by atoms with Crippen LogP contribution in [0.5, 0.6) is 11.5 Å². The van der Waals surface area contributed by atoms with Crippen molar-refractivity contribution in [2.45, 2.75) is 50.4 Å². The number of rotatable bonds is 5. The van der Waals surface area contributed by atoms with E-state index in [2.05, 4.69) is 27.3 Å². The molecule has 1 aliphatic carbocycles. The number of methoxy groups -OCH3 is 1. The summed E-state index contributed by atoms with van der Waals surface area (Å²) in [6, 6.07) is 13.7. The average Bonchev–Trinajstić information content (AvgIpc) is 3.27. The van der Waals surface area contributed by atoms with Crippen LogP contribution < -0.4 is 10.1 Å². The van der Waals surface area contributed by atoms with Crippen LogP contribution in [0.1, 0.15) is 32.1 Å². The molecule has 2 aromatic carbocycles. The molecule has 5 rings (SSSR count). The van der Waals surface area contributed by atoms with Gasteiger partial charge in [-0.25, -0.2) is 4.39 Å². The third kappa shape index (κ3) is 4.59. The molecule has 1 aliphatic heterocycles. The fraction of sp³-hybridized carbons (Fsp3) is 0.423. The summed E-state index contributed by atoms with van der Waals surface area (Å²) < 4.78 is 18.9. The molecular formula is C26H28ClFN3O2. The first-order chi connectivity index (χ1) is 16.0. The minimum absolute atomic E-state index is 0.0624. The molecule has 0 bridgehead atoms. The zero-order valence-electron chi connectivity index (χ0n) is 18.7. The van der Waals surface area contributed by atoms with E-state index in [1.165, 1.54) is 7.11 Å². The van der Waals surface area contributed by atoms with E-state index in [-0.39, 0.29) is 10.8 Å². The second-order valence-corrected chi connectivity index (χ2v) is 9.46. The molecule has 1 atom stereocenters. The van der Waals surface area contributed by atoms with E-state index in [4.69, 9.17) is 16.3 Å². The molecule has 0 amide bonds. The zero-order chi connectivity index (χ0) is 22.9. The lowest BCUT2D eigenvalue weighted by Crippen LogP contribution is -2.39. The van der Waals surface area contributed by atoms with E-state index in [1.807, 2.05) is 12.1 Å². The Balaban J connectivity index is 1.36. The number of alkyl halides is 1. The van der Waals surface area contributed by atoms with Gasteiger partial charge in [0.05, 0.1) is 23.3 Å². The van der Waals surface area contributed by atoms with Gasteiger partial charge in [-0.1, -0.05) is 17.7 Å². The summed E-state index contributed by atoms with van der Waals surface area (Å²) in [6.07, 6.45) is 6.02. The van der Waals surface area contributed by atoms with Gasteiger partial charge >= 0.3 is 0 Å². The normalized spacial score (nSPS) is 23.7. The maximum absolute atomic E-state index is 13.6. The van der Waals surface area contributed by atoms with Crippen molar-refractivity contribution in [1.29, 1.82) is 0 Å². The third-order valence-electron chi connectivity index (χ3n) is 6.98. The van der Waals surface area contributed by atoms with Crippen molar-refractivity contribution < 1.29 is 14.2 Å². The number of phenols is 1. The summed E-state index contributed by atoms with van der Waals surface area (Å²) in [7, 11) is 1.50. The van der Waals surface area contributed by atoms with E-state index in [9.17, 15) is 9.50 Å². The molecule has 0 unspecified atom stereocenters. The number of nitrogens with one attached hydrogen (secondary N) is 1. The van der Waals surface area contributed by atoms with Gasteiger partial charge in [-0.2, -0.15) is 0 Å². The van der Waals surface area contributed by atoms with Gasteiger partial charge in [0.1, 0.15) is 6.17 Å². The molecule has 1 saturated carbocycles. The Bertz CT molecular complexity index is 1150. The topological polar surface area (TPSA) is 57.6 Å². The predicted octanol–water partition coefficient (Wildman–Crippen LogP) is 5.84. The summed E-state index contributed by atoms with van der Waals surface area (Å²) in [4.78, 5) is 6.81. The van der Waals surface area contributed by atoms with Gasteiger partial charge < -0.3 is 15.2 Å². The first-order valence-corrected chi connectivity index (χ1v) is 11.9. The molecule has 1 saturated heterocycles. The number of benzene rings is 2. The minimum atomic E-state index is -0.656. The SMILES string of the molecule is COc1cc(-c2ccc3nc[c]c(NC4CCC(N5CC[C@@H](F)C5)CC4)c3c2)cc(Cl)c1O. The van der Waals surface area contributed by atoms with E-state index in [0.717, 1.165) is 59.9 Å². The van der Waals surface area contributed by atoms with Crippen molar-refractivity contribution in [2.75, 3.05) is 25.5 Å². The number of halogens is 2. The number of pyridine rings is 1. The number of hydrogen-bond acceptors (Lipinski definition) is 5. The van der Waals surface area contributed by atoms with Crippen LogP contribution in [0.4, 0.5) is 10.1 Å². The van der Waals surface area contributed by atoms with Crippen molar-refractivity contribution >= 4 is 28.2 Å². The van der Waals surface area contributed by atoms with Crippen molar-refractivity contribution in [1.82, 2.24) is 9.88 Å². The molecular weight excluding hydrogens is 441 g/mol. The number of aromatic nitrogens is 1. The lowest BCUT2D eigenvalue weighted by Gasteiger charge is -2.35. The third-order valence-corrected chi connectivity index (χ3v) is 7.27. The number of hydrogen-bond donors (Lipinski definition) is 2. The Kier molecular flexibility index (Phi) is 6.30. The van der Waals surface area contributed by atoms with E-state index >= 15 is 0 Å². The summed E-state index contributed by atoms with van der Waals surface area (Å²) in [5.74, 6) is 0.273. The van der Waals surface area contributed by atoms with Crippen LogP contribution in [-0.4, -0.2) is 53.4 Å². The monoisotopic (exact) mass is 468 g/mol. The van der Waals surface area contributed by atoms with Crippen LogP contribution in [0.25, 0.3) is 22.0 Å². The molecule has 5 nitrogen and oxygen atoms in total. The van der Waals surface area contributed by atoms with E-state index < -0.39 is 6.17 Å². The molecule has 173 valence electrons. The van der Waals surface area contributed by atoms with Gasteiger partial charge in [-0.05, 0) is 67.5 Å². The fourth-order valence-corrected chi connectivity index (χ4v) is 5.36. The maximum Gasteiger partial charge on any atom is 0.176 e. The van der Waals surface area contributed by atoms with Crippen LogP contribution in [0, 0.1) is 6.07 Å². The summed E-state index contributed by atoms with van der Waals surface area (Å²) >= 11 is 6.21. The number of nitrogens with zero attached hydrogens (tertiary/aromatic N) is 2. The van der Waals surface area contributed by atoms with Crippen LogP contribution >= 0.6 is 11.6 Å². The van der Waals surface area contributed by atoms with Crippen molar-refractivity contribution in [3.63, 3.8) is 0 Å². The Labute approximate surface area is 198 Å². The molecule has 3 aromatic rings. The highest BCUT2D eigenvalue weighted by Gasteiger charge is 2.31. The van der Waals surface area contributed by atoms with Gasteiger partial charge in [-0.15, -0.1) is 0 Å². The Morgan fingerprint density at radius 2 is 1.97 bits per heavy atom. The van der Waals surface area contributed by atoms with Gasteiger partial charge in [0.15, 0.2) is 11.5 Å². The fourth-order valence-electron chi connectivity index (χ4n) is 5.15. The van der Waals surface area contributed by atoms with Crippen LogP contribution in [-0.2, 0) is 0 Å². The molecule has 2 fully saturated rings. The molecule has 1 radical (unpaired) electrons. The average molecular weight is 469 g/mol. The van der Waals surface area contributed by atoms with Crippen molar-refractivity contribution in [2.24, 2.45) is 0 Å². The first-order valence-electron chi connectivity index (χ1n) is 11.5. The molecule has 2 aliphatic rings. The predicted molar refractivity (Wildman–Crippen MR) is 130 cm³/mol. The van der Waals surface area contributed by atoms with E-state index in [0.29, 0.717) is 30.8 Å². The highest BCUT2D eigenvalue weighted by molar-refractivity contribution is 6.32. The maximum atomic E-state index is 13.6. The number of ether oxygens (including phenoxy) is 1. The summed E-state index contributed by atoms with van der Waals surface area (Å²) in [5.41, 5.74) is 3.62. The number of phenolic OH excluding ortho intramolecular Hbond substituents is 1.